The quantitative estimate of drug-likeness (QED) is 0.671. The van der Waals surface area contributed by atoms with Gasteiger partial charge in [-0.05, 0) is 17.9 Å². The van der Waals surface area contributed by atoms with Gasteiger partial charge < -0.3 is 0 Å². The van der Waals surface area contributed by atoms with Gasteiger partial charge in [0.15, 0.2) is 5.78 Å². The summed E-state index contributed by atoms with van der Waals surface area (Å²) in [4.78, 5) is 12.2. The average Bonchev–Trinajstić information content (AvgIpc) is 2.32. The maximum absolute atomic E-state index is 11.5. The van der Waals surface area contributed by atoms with E-state index in [4.69, 9.17) is 11.6 Å². The molecule has 0 N–H and O–H groups in total. The summed E-state index contributed by atoms with van der Waals surface area (Å²) in [7, 11) is 0. The van der Waals surface area contributed by atoms with Gasteiger partial charge >= 0.3 is 0 Å². The topological polar surface area (TPSA) is 17.1 Å². The van der Waals surface area contributed by atoms with Crippen LogP contribution in [-0.2, 0) is 0 Å². The van der Waals surface area contributed by atoms with Gasteiger partial charge in [-0.1, -0.05) is 25.4 Å². The number of hydrogen-bond donors (Lipinski definition) is 0. The van der Waals surface area contributed by atoms with E-state index in [-0.39, 0.29) is 11.7 Å². The molecule has 0 amide bonds. The van der Waals surface area contributed by atoms with Crippen LogP contribution in [0.1, 0.15) is 29.1 Å². The molecule has 0 aromatic carbocycles. The number of aryl methyl sites for hydroxylation is 1. The first kappa shape index (κ1) is 9.75. The highest BCUT2D eigenvalue weighted by atomic mass is 35.5. The number of ketones is 1. The second-order valence-electron chi connectivity index (χ2n) is 3.08. The fourth-order valence-electron chi connectivity index (χ4n) is 0.858. The maximum atomic E-state index is 11.5. The van der Waals surface area contributed by atoms with Gasteiger partial charge in [0.1, 0.15) is 0 Å². The van der Waals surface area contributed by atoms with E-state index >= 15 is 0 Å². The largest absolute Gasteiger partial charge is 0.293 e. The van der Waals surface area contributed by atoms with Crippen molar-refractivity contribution in [1.29, 1.82) is 0 Å². The Labute approximate surface area is 81.4 Å². The van der Waals surface area contributed by atoms with Crippen molar-refractivity contribution in [2.75, 3.05) is 0 Å². The molecule has 0 aliphatic carbocycles. The van der Waals surface area contributed by atoms with Gasteiger partial charge in [-0.2, -0.15) is 0 Å². The Balaban J connectivity index is 3.04. The number of carbonyl (C=O) groups is 1. The minimum Gasteiger partial charge on any atom is -0.293 e. The molecule has 1 nitrogen and oxygen atoms in total. The first-order chi connectivity index (χ1) is 5.54. The SMILES string of the molecule is Cc1csc(C(=O)C(C)C)c1Cl. The predicted octanol–water partition coefficient (Wildman–Crippen LogP) is 3.55. The molecular formula is C9H11ClOS. The van der Waals surface area contributed by atoms with Crippen LogP contribution in [0.3, 0.4) is 0 Å². The van der Waals surface area contributed by atoms with Gasteiger partial charge in [0.25, 0.3) is 0 Å². The lowest BCUT2D eigenvalue weighted by atomic mass is 10.1. The normalized spacial score (nSPS) is 10.8. The fourth-order valence-corrected chi connectivity index (χ4v) is 2.23. The van der Waals surface area contributed by atoms with Crippen LogP contribution in [0.25, 0.3) is 0 Å². The third-order valence-electron chi connectivity index (χ3n) is 1.65. The van der Waals surface area contributed by atoms with Crippen LogP contribution >= 0.6 is 22.9 Å². The van der Waals surface area contributed by atoms with E-state index in [0.717, 1.165) is 5.56 Å². The van der Waals surface area contributed by atoms with Crippen LogP contribution in [0.5, 0.6) is 0 Å². The molecule has 3 heteroatoms. The van der Waals surface area contributed by atoms with E-state index in [1.807, 2.05) is 26.2 Å². The van der Waals surface area contributed by atoms with Crippen LogP contribution in [0.2, 0.25) is 5.02 Å². The summed E-state index contributed by atoms with van der Waals surface area (Å²) in [5.41, 5.74) is 0.991. The van der Waals surface area contributed by atoms with Crippen molar-refractivity contribution in [2.24, 2.45) is 5.92 Å². The van der Waals surface area contributed by atoms with Gasteiger partial charge in [-0.3, -0.25) is 4.79 Å². The first-order valence-electron chi connectivity index (χ1n) is 3.81. The van der Waals surface area contributed by atoms with E-state index in [9.17, 15) is 4.79 Å². The molecule has 0 unspecified atom stereocenters. The third-order valence-corrected chi connectivity index (χ3v) is 3.36. The number of rotatable bonds is 2. The molecule has 1 heterocycles. The van der Waals surface area contributed by atoms with Crippen LogP contribution in [0.4, 0.5) is 0 Å². The number of halogens is 1. The minimum absolute atomic E-state index is 0.0283. The van der Waals surface area contributed by atoms with E-state index < -0.39 is 0 Å². The standard InChI is InChI=1S/C9H11ClOS/c1-5(2)8(11)9-7(10)6(3)4-12-9/h4-5H,1-3H3. The molecule has 0 aliphatic heterocycles. The average molecular weight is 203 g/mol. The van der Waals surface area contributed by atoms with Gasteiger partial charge in [0, 0.05) is 5.92 Å². The Hall–Kier alpha value is -0.340. The molecule has 0 atom stereocenters. The monoisotopic (exact) mass is 202 g/mol. The fraction of sp³-hybridized carbons (Fsp3) is 0.444. The van der Waals surface area contributed by atoms with Gasteiger partial charge in [-0.25, -0.2) is 0 Å². The van der Waals surface area contributed by atoms with Crippen molar-refractivity contribution in [3.8, 4) is 0 Å². The maximum Gasteiger partial charge on any atom is 0.176 e. The van der Waals surface area contributed by atoms with E-state index in [1.165, 1.54) is 11.3 Å². The van der Waals surface area contributed by atoms with Crippen molar-refractivity contribution in [1.82, 2.24) is 0 Å². The van der Waals surface area contributed by atoms with E-state index in [1.54, 1.807) is 0 Å². The van der Waals surface area contributed by atoms with Crippen LogP contribution in [-0.4, -0.2) is 5.78 Å². The molecule has 0 bridgehead atoms. The van der Waals surface area contributed by atoms with Crippen LogP contribution in [0, 0.1) is 12.8 Å². The molecule has 0 saturated heterocycles. The second-order valence-corrected chi connectivity index (χ2v) is 4.34. The molecule has 1 aromatic rings. The van der Waals surface area contributed by atoms with Gasteiger partial charge in [-0.15, -0.1) is 11.3 Å². The number of carbonyl (C=O) groups excluding carboxylic acids is 1. The third kappa shape index (κ3) is 1.70. The highest BCUT2D eigenvalue weighted by Crippen LogP contribution is 2.29. The lowest BCUT2D eigenvalue weighted by Gasteiger charge is -2.00. The van der Waals surface area contributed by atoms with Gasteiger partial charge in [0.05, 0.1) is 9.90 Å². The molecular weight excluding hydrogens is 192 g/mol. The number of thiophene rings is 1. The second kappa shape index (κ2) is 3.58. The summed E-state index contributed by atoms with van der Waals surface area (Å²) in [6.45, 7) is 5.68. The molecule has 0 saturated carbocycles. The van der Waals surface area contributed by atoms with Crippen LogP contribution < -0.4 is 0 Å². The Bertz CT molecular complexity index is 301. The summed E-state index contributed by atoms with van der Waals surface area (Å²) >= 11 is 7.37. The molecule has 0 radical (unpaired) electrons. The Morgan fingerprint density at radius 1 is 1.58 bits per heavy atom. The lowest BCUT2D eigenvalue weighted by molar-refractivity contribution is 0.0943. The van der Waals surface area contributed by atoms with Gasteiger partial charge in [0.2, 0.25) is 0 Å². The summed E-state index contributed by atoms with van der Waals surface area (Å²) in [5.74, 6) is 0.165. The van der Waals surface area contributed by atoms with Crippen molar-refractivity contribution < 1.29 is 4.79 Å². The lowest BCUT2D eigenvalue weighted by Crippen LogP contribution is -2.05. The van der Waals surface area contributed by atoms with Crippen molar-refractivity contribution in [3.05, 3.63) is 20.8 Å². The summed E-state index contributed by atoms with van der Waals surface area (Å²) in [6, 6.07) is 0. The highest BCUT2D eigenvalue weighted by molar-refractivity contribution is 7.13. The van der Waals surface area contributed by atoms with Crippen LogP contribution in [0.15, 0.2) is 5.38 Å². The van der Waals surface area contributed by atoms with Crippen molar-refractivity contribution >= 4 is 28.7 Å². The minimum atomic E-state index is 0.0283. The van der Waals surface area contributed by atoms with E-state index in [2.05, 4.69) is 0 Å². The smallest absolute Gasteiger partial charge is 0.176 e. The molecule has 12 heavy (non-hydrogen) atoms. The van der Waals surface area contributed by atoms with Crippen molar-refractivity contribution in [3.63, 3.8) is 0 Å². The molecule has 0 spiro atoms. The first-order valence-corrected chi connectivity index (χ1v) is 5.07. The Kier molecular flexibility index (Phi) is 2.91. The highest BCUT2D eigenvalue weighted by Gasteiger charge is 2.16. The molecule has 1 aromatic heterocycles. The molecule has 66 valence electrons. The number of Topliss-reactive ketones (excluding diaryl/α,β-unsaturated/α-hetero) is 1. The Morgan fingerprint density at radius 2 is 2.17 bits per heavy atom. The Morgan fingerprint density at radius 3 is 2.50 bits per heavy atom. The molecule has 1 rings (SSSR count). The number of hydrogen-bond acceptors (Lipinski definition) is 2. The summed E-state index contributed by atoms with van der Waals surface area (Å²) < 4.78 is 0. The molecule has 0 fully saturated rings. The zero-order valence-electron chi connectivity index (χ0n) is 7.35. The van der Waals surface area contributed by atoms with Crippen molar-refractivity contribution in [2.45, 2.75) is 20.8 Å². The predicted molar refractivity (Wildman–Crippen MR) is 53.2 cm³/mol. The van der Waals surface area contributed by atoms with E-state index in [0.29, 0.717) is 9.90 Å². The zero-order chi connectivity index (χ0) is 9.30. The summed E-state index contributed by atoms with van der Waals surface area (Å²) in [5, 5.41) is 2.54. The zero-order valence-corrected chi connectivity index (χ0v) is 8.92. The summed E-state index contributed by atoms with van der Waals surface area (Å²) in [6.07, 6.45) is 0. The molecule has 0 aliphatic rings.